The van der Waals surface area contributed by atoms with E-state index < -0.39 is 0 Å². The zero-order valence-electron chi connectivity index (χ0n) is 11.8. The highest BCUT2D eigenvalue weighted by atomic mass is 35.5. The van der Waals surface area contributed by atoms with Crippen molar-refractivity contribution in [1.82, 2.24) is 0 Å². The summed E-state index contributed by atoms with van der Waals surface area (Å²) >= 11 is 12.2. The Morgan fingerprint density at radius 2 is 1.74 bits per heavy atom. The molecule has 0 amide bonds. The Balaban J connectivity index is 1.86. The van der Waals surface area contributed by atoms with Crippen LogP contribution in [-0.2, 0) is 0 Å². The molecule has 0 saturated heterocycles. The standard InChI is InChI=1S/C16H21Cl2N/c1-15(2)10-4-5-16(15,3)14(6-10)19-13-8-11(17)7-12(18)9-13/h7-10,14,19H,4-6H2,1-3H3. The van der Waals surface area contributed by atoms with Gasteiger partial charge in [0, 0.05) is 21.8 Å². The Morgan fingerprint density at radius 3 is 2.21 bits per heavy atom. The van der Waals surface area contributed by atoms with Crippen molar-refractivity contribution in [2.24, 2.45) is 16.7 Å². The summed E-state index contributed by atoms with van der Waals surface area (Å²) in [5.41, 5.74) is 1.84. The number of fused-ring (bicyclic) bond motifs is 2. The van der Waals surface area contributed by atoms with Gasteiger partial charge in [-0.05, 0) is 54.2 Å². The molecular weight excluding hydrogens is 277 g/mol. The Hall–Kier alpha value is -0.400. The van der Waals surface area contributed by atoms with Crippen molar-refractivity contribution >= 4 is 28.9 Å². The molecular formula is C16H21Cl2N. The van der Waals surface area contributed by atoms with Crippen LogP contribution in [0.5, 0.6) is 0 Å². The number of hydrogen-bond donors (Lipinski definition) is 1. The van der Waals surface area contributed by atoms with Gasteiger partial charge in [-0.2, -0.15) is 0 Å². The van der Waals surface area contributed by atoms with E-state index in [9.17, 15) is 0 Å². The third kappa shape index (κ3) is 1.97. The van der Waals surface area contributed by atoms with Crippen molar-refractivity contribution < 1.29 is 0 Å². The second-order valence-electron chi connectivity index (χ2n) is 6.97. The molecule has 3 heteroatoms. The van der Waals surface area contributed by atoms with Crippen molar-refractivity contribution in [3.05, 3.63) is 28.2 Å². The molecule has 0 radical (unpaired) electrons. The quantitative estimate of drug-likeness (QED) is 0.747. The minimum atomic E-state index is 0.368. The van der Waals surface area contributed by atoms with Crippen LogP contribution >= 0.6 is 23.2 Å². The minimum absolute atomic E-state index is 0.368. The van der Waals surface area contributed by atoms with Gasteiger partial charge in [0.15, 0.2) is 0 Å². The molecule has 2 fully saturated rings. The number of hydrogen-bond acceptors (Lipinski definition) is 1. The monoisotopic (exact) mass is 297 g/mol. The molecule has 0 spiro atoms. The molecule has 3 atom stereocenters. The molecule has 3 rings (SSSR count). The molecule has 0 aromatic heterocycles. The van der Waals surface area contributed by atoms with E-state index in [1.54, 1.807) is 6.07 Å². The first kappa shape index (κ1) is 13.6. The highest BCUT2D eigenvalue weighted by Gasteiger charge is 2.61. The summed E-state index contributed by atoms with van der Waals surface area (Å²) in [5.74, 6) is 0.838. The van der Waals surface area contributed by atoms with Gasteiger partial charge in [-0.3, -0.25) is 0 Å². The average molecular weight is 298 g/mol. The number of rotatable bonds is 2. The van der Waals surface area contributed by atoms with Gasteiger partial charge >= 0.3 is 0 Å². The summed E-state index contributed by atoms with van der Waals surface area (Å²) in [5, 5.41) is 5.07. The molecule has 2 bridgehead atoms. The molecule has 104 valence electrons. The lowest BCUT2D eigenvalue weighted by molar-refractivity contribution is 0.142. The van der Waals surface area contributed by atoms with Crippen molar-refractivity contribution in [3.63, 3.8) is 0 Å². The lowest BCUT2D eigenvalue weighted by Gasteiger charge is -2.40. The Kier molecular flexibility index (Phi) is 3.07. The Morgan fingerprint density at radius 1 is 1.11 bits per heavy atom. The van der Waals surface area contributed by atoms with Crippen LogP contribution in [0.2, 0.25) is 10.0 Å². The molecule has 1 aromatic carbocycles. The van der Waals surface area contributed by atoms with E-state index in [1.807, 2.05) is 12.1 Å². The number of halogens is 2. The first-order valence-corrected chi connectivity index (χ1v) is 7.81. The Bertz CT molecular complexity index is 491. The van der Waals surface area contributed by atoms with E-state index in [2.05, 4.69) is 26.1 Å². The third-order valence-electron chi connectivity index (χ3n) is 6.00. The molecule has 0 heterocycles. The predicted octanol–water partition coefficient (Wildman–Crippen LogP) is 5.62. The highest BCUT2D eigenvalue weighted by molar-refractivity contribution is 6.35. The van der Waals surface area contributed by atoms with Crippen molar-refractivity contribution in [2.45, 2.75) is 46.1 Å². The lowest BCUT2D eigenvalue weighted by atomic mass is 9.69. The first-order valence-electron chi connectivity index (χ1n) is 7.05. The third-order valence-corrected chi connectivity index (χ3v) is 6.43. The zero-order valence-corrected chi connectivity index (χ0v) is 13.3. The fourth-order valence-corrected chi connectivity index (χ4v) is 4.79. The number of benzene rings is 1. The van der Waals surface area contributed by atoms with Gasteiger partial charge in [0.1, 0.15) is 0 Å². The second-order valence-corrected chi connectivity index (χ2v) is 7.84. The number of nitrogens with one attached hydrogen (secondary N) is 1. The second kappa shape index (κ2) is 4.30. The fraction of sp³-hybridized carbons (Fsp3) is 0.625. The van der Waals surface area contributed by atoms with Crippen LogP contribution in [0.4, 0.5) is 5.69 Å². The largest absolute Gasteiger partial charge is 0.382 e. The minimum Gasteiger partial charge on any atom is -0.382 e. The predicted molar refractivity (Wildman–Crippen MR) is 83.1 cm³/mol. The molecule has 2 aliphatic rings. The van der Waals surface area contributed by atoms with Gasteiger partial charge in [0.25, 0.3) is 0 Å². The SMILES string of the molecule is CC1(C)C2CCC1(C)C(Nc1cc(Cl)cc(Cl)c1)C2. The smallest absolute Gasteiger partial charge is 0.0441 e. The maximum absolute atomic E-state index is 6.08. The summed E-state index contributed by atoms with van der Waals surface area (Å²) in [4.78, 5) is 0. The molecule has 1 nitrogen and oxygen atoms in total. The van der Waals surface area contributed by atoms with Crippen LogP contribution in [0.15, 0.2) is 18.2 Å². The van der Waals surface area contributed by atoms with Gasteiger partial charge in [0.2, 0.25) is 0 Å². The van der Waals surface area contributed by atoms with E-state index in [1.165, 1.54) is 19.3 Å². The lowest BCUT2D eigenvalue weighted by Crippen LogP contribution is -2.40. The summed E-state index contributed by atoms with van der Waals surface area (Å²) in [6.07, 6.45) is 3.95. The van der Waals surface area contributed by atoms with Crippen LogP contribution in [0, 0.1) is 16.7 Å². The maximum atomic E-state index is 6.08. The van der Waals surface area contributed by atoms with Crippen LogP contribution in [0.1, 0.15) is 40.0 Å². The van der Waals surface area contributed by atoms with Crippen molar-refractivity contribution in [1.29, 1.82) is 0 Å². The zero-order chi connectivity index (χ0) is 13.8. The van der Waals surface area contributed by atoms with Gasteiger partial charge in [0.05, 0.1) is 0 Å². The van der Waals surface area contributed by atoms with Crippen LogP contribution in [-0.4, -0.2) is 6.04 Å². The van der Waals surface area contributed by atoms with Crippen molar-refractivity contribution in [3.8, 4) is 0 Å². The van der Waals surface area contributed by atoms with Gasteiger partial charge < -0.3 is 5.32 Å². The van der Waals surface area contributed by atoms with E-state index >= 15 is 0 Å². The summed E-state index contributed by atoms with van der Waals surface area (Å²) in [7, 11) is 0. The van der Waals surface area contributed by atoms with Crippen LogP contribution in [0.25, 0.3) is 0 Å². The summed E-state index contributed by atoms with van der Waals surface area (Å²) in [6, 6.07) is 6.24. The molecule has 3 unspecified atom stereocenters. The molecule has 1 aromatic rings. The Labute approximate surface area is 125 Å². The van der Waals surface area contributed by atoms with E-state index in [-0.39, 0.29) is 0 Å². The van der Waals surface area contributed by atoms with Gasteiger partial charge in [-0.25, -0.2) is 0 Å². The highest BCUT2D eigenvalue weighted by Crippen LogP contribution is 2.65. The normalized spacial score (nSPS) is 35.6. The number of anilines is 1. The van der Waals surface area contributed by atoms with Crippen LogP contribution < -0.4 is 5.32 Å². The topological polar surface area (TPSA) is 12.0 Å². The van der Waals surface area contributed by atoms with Crippen molar-refractivity contribution in [2.75, 3.05) is 5.32 Å². The molecule has 0 aliphatic heterocycles. The molecule has 2 saturated carbocycles. The molecule has 19 heavy (non-hydrogen) atoms. The van der Waals surface area contributed by atoms with E-state index in [4.69, 9.17) is 23.2 Å². The average Bonchev–Trinajstić information content (AvgIpc) is 2.60. The molecule has 2 aliphatic carbocycles. The molecule has 1 N–H and O–H groups in total. The van der Waals surface area contributed by atoms with E-state index in [0.717, 1.165) is 11.6 Å². The van der Waals surface area contributed by atoms with Gasteiger partial charge in [-0.15, -0.1) is 0 Å². The fourth-order valence-electron chi connectivity index (χ4n) is 4.26. The summed E-state index contributed by atoms with van der Waals surface area (Å²) in [6.45, 7) is 7.29. The van der Waals surface area contributed by atoms with Gasteiger partial charge in [-0.1, -0.05) is 44.0 Å². The van der Waals surface area contributed by atoms with E-state index in [0.29, 0.717) is 26.9 Å². The summed E-state index contributed by atoms with van der Waals surface area (Å²) < 4.78 is 0. The maximum Gasteiger partial charge on any atom is 0.0441 e. The first-order chi connectivity index (χ1) is 8.83. The van der Waals surface area contributed by atoms with Crippen LogP contribution in [0.3, 0.4) is 0 Å².